The highest BCUT2D eigenvalue weighted by Crippen LogP contribution is 1.91. The first kappa shape index (κ1) is 10.3. The Morgan fingerprint density at radius 3 is 3.21 bits per heavy atom. The predicted octanol–water partition coefficient (Wildman–Crippen LogP) is -0.486. The highest BCUT2D eigenvalue weighted by molar-refractivity contribution is 5.77. The van der Waals surface area contributed by atoms with Gasteiger partial charge in [-0.1, -0.05) is 11.1 Å². The fourth-order valence-electron chi connectivity index (χ4n) is 0.829. The molecule has 0 saturated heterocycles. The molecule has 0 aliphatic carbocycles. The van der Waals surface area contributed by atoms with Crippen LogP contribution in [0.15, 0.2) is 16.9 Å². The minimum atomic E-state index is -0.122. The number of nitrogens with one attached hydrogen (secondary N) is 2. The normalized spacial score (nSPS) is 9.36. The second-order valence-corrected chi connectivity index (χ2v) is 2.58. The number of rotatable bonds is 5. The average molecular weight is 193 g/mol. The lowest BCUT2D eigenvalue weighted by Crippen LogP contribution is -2.33. The Bertz CT molecular complexity index is 313. The molecule has 1 aromatic heterocycles. The van der Waals surface area contributed by atoms with E-state index in [0.717, 1.165) is 0 Å². The van der Waals surface area contributed by atoms with Crippen molar-refractivity contribution in [3.05, 3.63) is 18.0 Å². The number of carbonyl (C=O) groups is 1. The van der Waals surface area contributed by atoms with E-state index in [1.54, 1.807) is 6.07 Å². The Morgan fingerprint density at radius 2 is 2.57 bits per heavy atom. The lowest BCUT2D eigenvalue weighted by Gasteiger charge is -2.02. The third-order valence-electron chi connectivity index (χ3n) is 1.47. The first-order valence-electron chi connectivity index (χ1n) is 4.13. The fourth-order valence-corrected chi connectivity index (χ4v) is 0.829. The number of aromatic nitrogens is 1. The van der Waals surface area contributed by atoms with Crippen LogP contribution in [0.1, 0.15) is 5.69 Å². The summed E-state index contributed by atoms with van der Waals surface area (Å²) in [5, 5.41) is 9.07. The summed E-state index contributed by atoms with van der Waals surface area (Å²) in [6.45, 7) is 0.965. The molecule has 0 spiro atoms. The Morgan fingerprint density at radius 1 is 1.71 bits per heavy atom. The van der Waals surface area contributed by atoms with E-state index < -0.39 is 0 Å². The Hall–Kier alpha value is -1.80. The molecule has 1 rings (SSSR count). The molecule has 1 aromatic rings. The van der Waals surface area contributed by atoms with Crippen LogP contribution in [0.2, 0.25) is 0 Å². The van der Waals surface area contributed by atoms with Gasteiger partial charge in [0, 0.05) is 6.07 Å². The van der Waals surface area contributed by atoms with Crippen molar-refractivity contribution in [1.29, 1.82) is 0 Å². The van der Waals surface area contributed by atoms with Crippen molar-refractivity contribution in [2.24, 2.45) is 0 Å². The van der Waals surface area contributed by atoms with E-state index in [1.807, 2.05) is 0 Å². The van der Waals surface area contributed by atoms with Crippen LogP contribution in [0.25, 0.3) is 0 Å². The number of terminal acetylenes is 1. The zero-order chi connectivity index (χ0) is 10.2. The molecule has 0 fully saturated rings. The Labute approximate surface area is 81.8 Å². The third-order valence-corrected chi connectivity index (χ3v) is 1.47. The molecule has 74 valence electrons. The van der Waals surface area contributed by atoms with E-state index >= 15 is 0 Å². The van der Waals surface area contributed by atoms with Crippen molar-refractivity contribution >= 4 is 5.91 Å². The highest BCUT2D eigenvalue weighted by atomic mass is 16.5. The lowest BCUT2D eigenvalue weighted by atomic mass is 10.4. The predicted molar refractivity (Wildman–Crippen MR) is 50.1 cm³/mol. The minimum Gasteiger partial charge on any atom is -0.364 e. The van der Waals surface area contributed by atoms with Crippen LogP contribution in [-0.4, -0.2) is 24.2 Å². The molecule has 0 radical (unpaired) electrons. The van der Waals surface area contributed by atoms with Gasteiger partial charge in [-0.25, -0.2) is 0 Å². The molecular formula is C9H11N3O2. The Kier molecular flexibility index (Phi) is 4.24. The number of carbonyl (C=O) groups excluding carboxylic acids is 1. The van der Waals surface area contributed by atoms with E-state index in [-0.39, 0.29) is 12.5 Å². The van der Waals surface area contributed by atoms with Gasteiger partial charge in [0.15, 0.2) is 0 Å². The molecule has 14 heavy (non-hydrogen) atoms. The molecule has 0 aliphatic heterocycles. The molecule has 0 atom stereocenters. The van der Waals surface area contributed by atoms with E-state index in [0.29, 0.717) is 18.8 Å². The van der Waals surface area contributed by atoms with Crippen molar-refractivity contribution in [1.82, 2.24) is 15.8 Å². The maximum Gasteiger partial charge on any atom is 0.234 e. The standard InChI is InChI=1S/C9H11N3O2/c1-2-4-10-7-9(13)11-6-8-3-5-14-12-8/h1,3,5,10H,4,6-7H2,(H,11,13). The molecule has 1 heterocycles. The van der Waals surface area contributed by atoms with E-state index in [1.165, 1.54) is 6.26 Å². The van der Waals surface area contributed by atoms with E-state index in [2.05, 4.69) is 26.2 Å². The monoisotopic (exact) mass is 193 g/mol. The molecule has 0 aliphatic rings. The summed E-state index contributed by atoms with van der Waals surface area (Å²) >= 11 is 0. The first-order chi connectivity index (χ1) is 6.83. The summed E-state index contributed by atoms with van der Waals surface area (Å²) < 4.78 is 4.60. The van der Waals surface area contributed by atoms with E-state index in [9.17, 15) is 4.79 Å². The zero-order valence-corrected chi connectivity index (χ0v) is 7.62. The van der Waals surface area contributed by atoms with Crippen LogP contribution >= 0.6 is 0 Å². The summed E-state index contributed by atoms with van der Waals surface area (Å²) in [5.41, 5.74) is 0.690. The van der Waals surface area contributed by atoms with Crippen LogP contribution < -0.4 is 10.6 Å². The van der Waals surface area contributed by atoms with Crippen molar-refractivity contribution in [3.63, 3.8) is 0 Å². The molecule has 5 heteroatoms. The van der Waals surface area contributed by atoms with Gasteiger partial charge >= 0.3 is 0 Å². The second-order valence-electron chi connectivity index (χ2n) is 2.58. The van der Waals surface area contributed by atoms with Gasteiger partial charge in [0.05, 0.1) is 19.6 Å². The van der Waals surface area contributed by atoms with Gasteiger partial charge in [0.2, 0.25) is 5.91 Å². The van der Waals surface area contributed by atoms with Crippen LogP contribution in [-0.2, 0) is 11.3 Å². The number of hydrogen-bond donors (Lipinski definition) is 2. The van der Waals surface area contributed by atoms with Gasteiger partial charge in [-0.15, -0.1) is 6.42 Å². The summed E-state index contributed by atoms with van der Waals surface area (Å²) in [6.07, 6.45) is 6.46. The fraction of sp³-hybridized carbons (Fsp3) is 0.333. The molecule has 5 nitrogen and oxygen atoms in total. The van der Waals surface area contributed by atoms with Gasteiger partial charge in [-0.3, -0.25) is 10.1 Å². The summed E-state index contributed by atoms with van der Waals surface area (Å²) in [6, 6.07) is 1.69. The van der Waals surface area contributed by atoms with Crippen LogP contribution in [0, 0.1) is 12.3 Å². The lowest BCUT2D eigenvalue weighted by molar-refractivity contribution is -0.120. The van der Waals surface area contributed by atoms with Crippen molar-refractivity contribution in [2.75, 3.05) is 13.1 Å². The molecular weight excluding hydrogens is 182 g/mol. The maximum atomic E-state index is 11.1. The number of amides is 1. The number of nitrogens with zero attached hydrogens (tertiary/aromatic N) is 1. The molecule has 1 amide bonds. The molecule has 2 N–H and O–H groups in total. The molecule has 0 aromatic carbocycles. The molecule has 0 saturated carbocycles. The van der Waals surface area contributed by atoms with Crippen molar-refractivity contribution < 1.29 is 9.32 Å². The van der Waals surface area contributed by atoms with Crippen molar-refractivity contribution in [3.8, 4) is 12.3 Å². The first-order valence-corrected chi connectivity index (χ1v) is 4.13. The van der Waals surface area contributed by atoms with Gasteiger partial charge in [-0.2, -0.15) is 0 Å². The minimum absolute atomic E-state index is 0.122. The summed E-state index contributed by atoms with van der Waals surface area (Å²) in [4.78, 5) is 11.1. The smallest absolute Gasteiger partial charge is 0.234 e. The van der Waals surface area contributed by atoms with Gasteiger partial charge in [0.25, 0.3) is 0 Å². The van der Waals surface area contributed by atoms with Crippen LogP contribution in [0.5, 0.6) is 0 Å². The summed E-state index contributed by atoms with van der Waals surface area (Å²) in [5.74, 6) is 2.25. The average Bonchev–Trinajstić information content (AvgIpc) is 2.68. The topological polar surface area (TPSA) is 67.2 Å². The Balaban J connectivity index is 2.13. The van der Waals surface area contributed by atoms with Crippen molar-refractivity contribution in [2.45, 2.75) is 6.54 Å². The SMILES string of the molecule is C#CCNCC(=O)NCc1ccon1. The molecule has 0 bridgehead atoms. The third kappa shape index (κ3) is 3.74. The van der Waals surface area contributed by atoms with Gasteiger partial charge in [0.1, 0.15) is 12.0 Å². The van der Waals surface area contributed by atoms with Crippen LogP contribution in [0.4, 0.5) is 0 Å². The largest absolute Gasteiger partial charge is 0.364 e. The zero-order valence-electron chi connectivity index (χ0n) is 7.62. The van der Waals surface area contributed by atoms with E-state index in [4.69, 9.17) is 6.42 Å². The molecule has 0 unspecified atom stereocenters. The number of hydrogen-bond acceptors (Lipinski definition) is 4. The van der Waals surface area contributed by atoms with Crippen LogP contribution in [0.3, 0.4) is 0 Å². The van der Waals surface area contributed by atoms with Gasteiger partial charge in [-0.05, 0) is 0 Å². The quantitative estimate of drug-likeness (QED) is 0.489. The van der Waals surface area contributed by atoms with Gasteiger partial charge < -0.3 is 9.84 Å². The summed E-state index contributed by atoms with van der Waals surface area (Å²) in [7, 11) is 0. The second kappa shape index (κ2) is 5.78. The highest BCUT2D eigenvalue weighted by Gasteiger charge is 2.01. The maximum absolute atomic E-state index is 11.1.